The molecule has 0 aliphatic carbocycles. The minimum absolute atomic E-state index is 0.111. The van der Waals surface area contributed by atoms with Crippen LogP contribution in [0.5, 0.6) is 5.75 Å². The van der Waals surface area contributed by atoms with Crippen molar-refractivity contribution in [3.05, 3.63) is 29.3 Å². The predicted molar refractivity (Wildman–Crippen MR) is 62.9 cm³/mol. The van der Waals surface area contributed by atoms with E-state index in [-0.39, 0.29) is 16.9 Å². The first-order valence-electron chi connectivity index (χ1n) is 5.27. The fraction of sp³-hybridized carbons (Fsp3) is 0.333. The van der Waals surface area contributed by atoms with Crippen molar-refractivity contribution in [3.8, 4) is 5.75 Å². The maximum absolute atomic E-state index is 11.4. The minimum Gasteiger partial charge on any atom is -0.496 e. The highest BCUT2D eigenvalue weighted by molar-refractivity contribution is 5.92. The summed E-state index contributed by atoms with van der Waals surface area (Å²) >= 11 is 0. The summed E-state index contributed by atoms with van der Waals surface area (Å²) in [5, 5.41) is 27.5. The zero-order valence-corrected chi connectivity index (χ0v) is 10.4. The number of aliphatic hydroxyl groups is 2. The van der Waals surface area contributed by atoms with Crippen LogP contribution in [0.4, 0.5) is 0 Å². The van der Waals surface area contributed by atoms with Crippen molar-refractivity contribution in [1.29, 1.82) is 0 Å². The molecule has 0 aliphatic rings. The highest BCUT2D eigenvalue weighted by Crippen LogP contribution is 2.26. The van der Waals surface area contributed by atoms with E-state index in [1.807, 2.05) is 0 Å². The summed E-state index contributed by atoms with van der Waals surface area (Å²) in [5.41, 5.74) is 0.241. The average Bonchev–Trinajstić information content (AvgIpc) is 2.43. The molecule has 0 heterocycles. The molecule has 0 spiro atoms. The number of aliphatic carboxylic acids is 1. The van der Waals surface area contributed by atoms with Gasteiger partial charge in [-0.1, -0.05) is 6.07 Å². The van der Waals surface area contributed by atoms with Crippen LogP contribution in [-0.2, 0) is 9.53 Å². The molecule has 0 fully saturated rings. The Kier molecular flexibility index (Phi) is 4.85. The number of carbonyl (C=O) groups is 2. The Morgan fingerprint density at radius 3 is 2.32 bits per heavy atom. The van der Waals surface area contributed by atoms with Gasteiger partial charge in [0.15, 0.2) is 6.10 Å². The van der Waals surface area contributed by atoms with Crippen molar-refractivity contribution in [2.24, 2.45) is 0 Å². The number of esters is 1. The molecule has 0 aromatic heterocycles. The third-order valence-electron chi connectivity index (χ3n) is 2.52. The fourth-order valence-electron chi connectivity index (χ4n) is 1.49. The molecular weight excluding hydrogens is 256 g/mol. The van der Waals surface area contributed by atoms with Crippen molar-refractivity contribution in [3.63, 3.8) is 0 Å². The molecular formula is C12H14O7. The van der Waals surface area contributed by atoms with Gasteiger partial charge in [-0.25, -0.2) is 9.59 Å². The van der Waals surface area contributed by atoms with Gasteiger partial charge in [0.1, 0.15) is 17.4 Å². The minimum atomic E-state index is -1.96. The Morgan fingerprint density at radius 2 is 1.84 bits per heavy atom. The standard InChI is InChI=1S/C12H14O7/c1-18-8-5-6(9(13)10(14)11(15)16)3-4-7(8)12(17)19-2/h3-5,9-10,13-14H,1-2H3,(H,15,16). The second-order valence-corrected chi connectivity index (χ2v) is 3.68. The quantitative estimate of drug-likeness (QED) is 0.643. The van der Waals surface area contributed by atoms with Crippen molar-refractivity contribution in [2.75, 3.05) is 14.2 Å². The molecule has 7 heteroatoms. The molecule has 0 radical (unpaired) electrons. The first-order chi connectivity index (χ1) is 8.92. The van der Waals surface area contributed by atoms with E-state index in [1.54, 1.807) is 0 Å². The zero-order chi connectivity index (χ0) is 14.6. The molecule has 0 saturated carbocycles. The molecule has 19 heavy (non-hydrogen) atoms. The summed E-state index contributed by atoms with van der Waals surface area (Å²) < 4.78 is 9.50. The Morgan fingerprint density at radius 1 is 1.21 bits per heavy atom. The van der Waals surface area contributed by atoms with Crippen LogP contribution in [0.1, 0.15) is 22.0 Å². The molecule has 0 saturated heterocycles. The molecule has 104 valence electrons. The highest BCUT2D eigenvalue weighted by Gasteiger charge is 2.26. The molecule has 0 bridgehead atoms. The molecule has 1 rings (SSSR count). The smallest absolute Gasteiger partial charge is 0.341 e. The van der Waals surface area contributed by atoms with Gasteiger partial charge in [-0.2, -0.15) is 0 Å². The molecule has 2 atom stereocenters. The Labute approximate surface area is 109 Å². The van der Waals surface area contributed by atoms with Gasteiger partial charge < -0.3 is 24.8 Å². The largest absolute Gasteiger partial charge is 0.496 e. The maximum Gasteiger partial charge on any atom is 0.341 e. The predicted octanol–water partition coefficient (Wildman–Crippen LogP) is -0.0393. The topological polar surface area (TPSA) is 113 Å². The number of aliphatic hydroxyl groups excluding tert-OH is 2. The van der Waals surface area contributed by atoms with Gasteiger partial charge in [0.05, 0.1) is 14.2 Å². The Balaban J connectivity index is 3.13. The number of methoxy groups -OCH3 is 2. The second kappa shape index (κ2) is 6.17. The monoisotopic (exact) mass is 270 g/mol. The van der Waals surface area contributed by atoms with Crippen molar-refractivity contribution in [1.82, 2.24) is 0 Å². The van der Waals surface area contributed by atoms with E-state index in [0.29, 0.717) is 0 Å². The Hall–Kier alpha value is -2.12. The molecule has 3 N–H and O–H groups in total. The lowest BCUT2D eigenvalue weighted by Crippen LogP contribution is -2.27. The second-order valence-electron chi connectivity index (χ2n) is 3.68. The lowest BCUT2D eigenvalue weighted by Gasteiger charge is -2.16. The average molecular weight is 270 g/mol. The van der Waals surface area contributed by atoms with E-state index >= 15 is 0 Å². The molecule has 1 aromatic carbocycles. The number of carboxylic acids is 1. The summed E-state index contributed by atoms with van der Waals surface area (Å²) in [6, 6.07) is 3.90. The van der Waals surface area contributed by atoms with E-state index < -0.39 is 24.1 Å². The highest BCUT2D eigenvalue weighted by atomic mass is 16.5. The van der Waals surface area contributed by atoms with E-state index in [0.717, 1.165) is 0 Å². The van der Waals surface area contributed by atoms with Crippen LogP contribution >= 0.6 is 0 Å². The lowest BCUT2D eigenvalue weighted by molar-refractivity contribution is -0.153. The number of carboxylic acid groups (broad SMARTS) is 1. The van der Waals surface area contributed by atoms with Crippen LogP contribution in [0.25, 0.3) is 0 Å². The van der Waals surface area contributed by atoms with E-state index in [2.05, 4.69) is 4.74 Å². The number of hydrogen-bond donors (Lipinski definition) is 3. The molecule has 0 aliphatic heterocycles. The zero-order valence-electron chi connectivity index (χ0n) is 10.4. The van der Waals surface area contributed by atoms with Gasteiger partial charge in [0.25, 0.3) is 0 Å². The third-order valence-corrected chi connectivity index (χ3v) is 2.52. The SMILES string of the molecule is COC(=O)c1ccc(C(O)C(O)C(=O)O)cc1OC. The van der Waals surface area contributed by atoms with Crippen LogP contribution in [0.15, 0.2) is 18.2 Å². The van der Waals surface area contributed by atoms with Gasteiger partial charge in [0, 0.05) is 0 Å². The summed E-state index contributed by atoms with van der Waals surface area (Å²) in [6.07, 6.45) is -3.59. The van der Waals surface area contributed by atoms with Crippen LogP contribution in [0.2, 0.25) is 0 Å². The number of benzene rings is 1. The summed E-state index contributed by atoms with van der Waals surface area (Å²) in [4.78, 5) is 22.0. The molecule has 0 amide bonds. The fourth-order valence-corrected chi connectivity index (χ4v) is 1.49. The van der Waals surface area contributed by atoms with Gasteiger partial charge in [-0.05, 0) is 17.7 Å². The molecule has 7 nitrogen and oxygen atoms in total. The van der Waals surface area contributed by atoms with Crippen LogP contribution in [0, 0.1) is 0 Å². The van der Waals surface area contributed by atoms with E-state index in [4.69, 9.17) is 9.84 Å². The van der Waals surface area contributed by atoms with Crippen molar-refractivity contribution >= 4 is 11.9 Å². The van der Waals surface area contributed by atoms with Crippen LogP contribution in [-0.4, -0.2) is 47.6 Å². The van der Waals surface area contributed by atoms with E-state index in [9.17, 15) is 19.8 Å². The lowest BCUT2D eigenvalue weighted by atomic mass is 10.0. The normalized spacial score (nSPS) is 13.5. The summed E-state index contributed by atoms with van der Waals surface area (Å²) in [7, 11) is 2.52. The van der Waals surface area contributed by atoms with Gasteiger partial charge in [-0.3, -0.25) is 0 Å². The first-order valence-corrected chi connectivity index (χ1v) is 5.27. The number of carbonyl (C=O) groups excluding carboxylic acids is 1. The van der Waals surface area contributed by atoms with Crippen LogP contribution < -0.4 is 4.74 Å². The maximum atomic E-state index is 11.4. The number of ether oxygens (including phenoxy) is 2. The summed E-state index contributed by atoms with van der Waals surface area (Å²) in [6.45, 7) is 0. The van der Waals surface area contributed by atoms with Crippen molar-refractivity contribution < 1.29 is 34.4 Å². The Bertz CT molecular complexity index is 483. The van der Waals surface area contributed by atoms with Gasteiger partial charge >= 0.3 is 11.9 Å². The third kappa shape index (κ3) is 3.21. The van der Waals surface area contributed by atoms with Gasteiger partial charge in [0.2, 0.25) is 0 Å². The van der Waals surface area contributed by atoms with Crippen molar-refractivity contribution in [2.45, 2.75) is 12.2 Å². The molecule has 2 unspecified atom stereocenters. The first kappa shape index (κ1) is 14.9. The summed E-state index contributed by atoms with van der Waals surface area (Å²) in [5.74, 6) is -2.07. The van der Waals surface area contributed by atoms with Crippen LogP contribution in [0.3, 0.4) is 0 Å². The molecule has 1 aromatic rings. The van der Waals surface area contributed by atoms with Gasteiger partial charge in [-0.15, -0.1) is 0 Å². The van der Waals surface area contributed by atoms with E-state index in [1.165, 1.54) is 32.4 Å². The number of hydrogen-bond acceptors (Lipinski definition) is 6. The number of rotatable bonds is 5.